The molecular formula is C22H14ClFN4OS. The van der Waals surface area contributed by atoms with Gasteiger partial charge in [0.2, 0.25) is 5.95 Å². The predicted octanol–water partition coefficient (Wildman–Crippen LogP) is 5.69. The quantitative estimate of drug-likeness (QED) is 0.438. The Kier molecular flexibility index (Phi) is 3.94. The highest BCUT2D eigenvalue weighted by Crippen LogP contribution is 2.51. The lowest BCUT2D eigenvalue weighted by Crippen LogP contribution is -2.32. The van der Waals surface area contributed by atoms with Crippen LogP contribution >= 0.6 is 22.9 Å². The highest BCUT2D eigenvalue weighted by molar-refractivity contribution is 7.10. The van der Waals surface area contributed by atoms with Gasteiger partial charge in [0.15, 0.2) is 6.10 Å². The molecule has 0 fully saturated rings. The second kappa shape index (κ2) is 6.68. The van der Waals surface area contributed by atoms with Crippen molar-refractivity contribution in [3.05, 3.63) is 98.7 Å². The number of nitrogens with one attached hydrogen (secondary N) is 1. The van der Waals surface area contributed by atoms with E-state index in [-0.39, 0.29) is 5.82 Å². The zero-order valence-electron chi connectivity index (χ0n) is 15.4. The number of ether oxygens (including phenoxy) is 1. The molecule has 0 radical (unpaired) electrons. The van der Waals surface area contributed by atoms with Crippen LogP contribution in [-0.4, -0.2) is 14.8 Å². The molecule has 0 amide bonds. The van der Waals surface area contributed by atoms with Gasteiger partial charge in [-0.05, 0) is 35.7 Å². The molecule has 4 heterocycles. The van der Waals surface area contributed by atoms with Crippen molar-refractivity contribution in [1.82, 2.24) is 14.8 Å². The number of hydrogen-bond donors (Lipinski definition) is 1. The van der Waals surface area contributed by atoms with Crippen LogP contribution in [0, 0.1) is 5.82 Å². The van der Waals surface area contributed by atoms with Crippen LogP contribution < -0.4 is 10.1 Å². The molecule has 0 aliphatic carbocycles. The molecule has 0 bridgehead atoms. The maximum Gasteiger partial charge on any atom is 0.226 e. The Labute approximate surface area is 180 Å². The topological polar surface area (TPSA) is 52.0 Å². The number of hydrogen-bond acceptors (Lipinski definition) is 5. The maximum atomic E-state index is 15.0. The Morgan fingerprint density at radius 2 is 2.03 bits per heavy atom. The normalized spacial score (nSPS) is 19.4. The van der Waals surface area contributed by atoms with Gasteiger partial charge in [0, 0.05) is 26.6 Å². The molecule has 2 aliphatic heterocycles. The molecule has 30 heavy (non-hydrogen) atoms. The first-order chi connectivity index (χ1) is 14.7. The third-order valence-corrected chi connectivity index (χ3v) is 6.53. The average Bonchev–Trinajstić information content (AvgIpc) is 3.44. The summed E-state index contributed by atoms with van der Waals surface area (Å²) in [4.78, 5) is 5.37. The van der Waals surface area contributed by atoms with Crippen molar-refractivity contribution in [2.45, 2.75) is 12.1 Å². The number of thiophene rings is 1. The van der Waals surface area contributed by atoms with Crippen LogP contribution in [0.15, 0.2) is 71.9 Å². The van der Waals surface area contributed by atoms with Crippen LogP contribution in [-0.2, 0) is 0 Å². The molecular weight excluding hydrogens is 423 g/mol. The maximum absolute atomic E-state index is 15.0. The van der Waals surface area contributed by atoms with Crippen LogP contribution in [0.2, 0.25) is 5.02 Å². The highest BCUT2D eigenvalue weighted by atomic mass is 35.5. The zero-order chi connectivity index (χ0) is 20.2. The van der Waals surface area contributed by atoms with Gasteiger partial charge in [-0.1, -0.05) is 35.9 Å². The molecule has 2 aliphatic rings. The monoisotopic (exact) mass is 436 g/mol. The summed E-state index contributed by atoms with van der Waals surface area (Å²) in [5.41, 5.74) is 3.02. The molecule has 5 nitrogen and oxygen atoms in total. The fourth-order valence-corrected chi connectivity index (χ4v) is 5.06. The van der Waals surface area contributed by atoms with Crippen molar-refractivity contribution < 1.29 is 9.13 Å². The minimum Gasteiger partial charge on any atom is -0.480 e. The smallest absolute Gasteiger partial charge is 0.226 e. The first-order valence-corrected chi connectivity index (χ1v) is 10.6. The lowest BCUT2D eigenvalue weighted by Gasteiger charge is -2.38. The second-order valence-corrected chi connectivity index (χ2v) is 8.48. The Morgan fingerprint density at radius 3 is 2.87 bits per heavy atom. The summed E-state index contributed by atoms with van der Waals surface area (Å²) < 4.78 is 23.2. The number of halogens is 2. The van der Waals surface area contributed by atoms with E-state index in [1.54, 1.807) is 34.2 Å². The summed E-state index contributed by atoms with van der Waals surface area (Å²) >= 11 is 7.90. The fourth-order valence-electron chi connectivity index (χ4n) is 4.12. The SMILES string of the molecule is Fc1ccccc1[C@H]1C2=C(Nc3ncnn31)c1cc(Cl)ccc1O[C@@H]2c1cccs1. The van der Waals surface area contributed by atoms with Crippen LogP contribution in [0.3, 0.4) is 0 Å². The average molecular weight is 437 g/mol. The lowest BCUT2D eigenvalue weighted by atomic mass is 9.86. The van der Waals surface area contributed by atoms with Gasteiger partial charge in [0.05, 0.1) is 5.70 Å². The third kappa shape index (κ3) is 2.59. The summed E-state index contributed by atoms with van der Waals surface area (Å²) in [6.07, 6.45) is 1.07. The zero-order valence-corrected chi connectivity index (χ0v) is 17.0. The lowest BCUT2D eigenvalue weighted by molar-refractivity contribution is 0.226. The fraction of sp³-hybridized carbons (Fsp3) is 0.0909. The van der Waals surface area contributed by atoms with Crippen LogP contribution in [0.25, 0.3) is 5.70 Å². The number of benzene rings is 2. The molecule has 148 valence electrons. The van der Waals surface area contributed by atoms with Gasteiger partial charge < -0.3 is 10.1 Å². The number of rotatable bonds is 2. The van der Waals surface area contributed by atoms with E-state index in [0.717, 1.165) is 21.7 Å². The minimum absolute atomic E-state index is 0.306. The van der Waals surface area contributed by atoms with E-state index >= 15 is 0 Å². The molecule has 0 unspecified atom stereocenters. The Morgan fingerprint density at radius 1 is 1.13 bits per heavy atom. The molecule has 8 heteroatoms. The third-order valence-electron chi connectivity index (χ3n) is 5.38. The van der Waals surface area contributed by atoms with E-state index in [1.807, 2.05) is 35.7 Å². The molecule has 0 spiro atoms. The van der Waals surface area contributed by atoms with Gasteiger partial charge in [-0.25, -0.2) is 9.07 Å². The van der Waals surface area contributed by atoms with Crippen molar-refractivity contribution in [3.63, 3.8) is 0 Å². The Balaban J connectivity index is 1.67. The van der Waals surface area contributed by atoms with Gasteiger partial charge in [0.25, 0.3) is 0 Å². The molecule has 0 saturated carbocycles. The van der Waals surface area contributed by atoms with Crippen LogP contribution in [0.4, 0.5) is 10.3 Å². The molecule has 2 aromatic heterocycles. The van der Waals surface area contributed by atoms with E-state index in [1.165, 1.54) is 12.4 Å². The first-order valence-electron chi connectivity index (χ1n) is 9.35. The highest BCUT2D eigenvalue weighted by Gasteiger charge is 2.42. The first kappa shape index (κ1) is 17.7. The summed E-state index contributed by atoms with van der Waals surface area (Å²) in [6, 6.07) is 15.8. The Bertz CT molecular complexity index is 1300. The van der Waals surface area contributed by atoms with E-state index in [2.05, 4.69) is 15.4 Å². The number of fused-ring (bicyclic) bond motifs is 3. The summed E-state index contributed by atoms with van der Waals surface area (Å²) in [6.45, 7) is 0. The van der Waals surface area contributed by atoms with E-state index in [4.69, 9.17) is 16.3 Å². The summed E-state index contributed by atoms with van der Waals surface area (Å²) in [5, 5.41) is 10.4. The summed E-state index contributed by atoms with van der Waals surface area (Å²) in [7, 11) is 0. The molecule has 2 aromatic carbocycles. The van der Waals surface area contributed by atoms with Crippen LogP contribution in [0.5, 0.6) is 5.75 Å². The molecule has 4 aromatic rings. The van der Waals surface area contributed by atoms with Crippen molar-refractivity contribution in [2.24, 2.45) is 0 Å². The van der Waals surface area contributed by atoms with Gasteiger partial charge in [-0.3, -0.25) is 0 Å². The largest absolute Gasteiger partial charge is 0.480 e. The number of anilines is 1. The molecule has 6 rings (SSSR count). The van der Waals surface area contributed by atoms with E-state index in [0.29, 0.717) is 22.3 Å². The van der Waals surface area contributed by atoms with Gasteiger partial charge >= 0.3 is 0 Å². The minimum atomic E-state index is -0.515. The predicted molar refractivity (Wildman–Crippen MR) is 114 cm³/mol. The van der Waals surface area contributed by atoms with Gasteiger partial charge in [-0.15, -0.1) is 11.3 Å². The van der Waals surface area contributed by atoms with Crippen molar-refractivity contribution in [3.8, 4) is 5.75 Å². The van der Waals surface area contributed by atoms with Crippen molar-refractivity contribution >= 4 is 34.6 Å². The molecule has 0 saturated heterocycles. The molecule has 1 N–H and O–H groups in total. The molecule has 2 atom stereocenters. The number of nitrogens with zero attached hydrogens (tertiary/aromatic N) is 3. The van der Waals surface area contributed by atoms with Gasteiger partial charge in [-0.2, -0.15) is 10.1 Å². The standard InChI is InChI=1S/C22H14ClFN4OS/c23-12-7-8-16-14(10-12)19-18(21(29-16)17-6-3-9-30-17)20(13-4-1-2-5-15(13)24)28-22(27-19)25-11-26-28/h1-11,20-21H,(H,25,26,27)/t20-,21+/m0/s1. The van der Waals surface area contributed by atoms with E-state index in [9.17, 15) is 4.39 Å². The van der Waals surface area contributed by atoms with Crippen LogP contribution in [0.1, 0.15) is 28.1 Å². The second-order valence-electron chi connectivity index (χ2n) is 7.06. The van der Waals surface area contributed by atoms with E-state index < -0.39 is 12.1 Å². The Hall–Kier alpha value is -3.16. The van der Waals surface area contributed by atoms with Crippen molar-refractivity contribution in [1.29, 1.82) is 0 Å². The summed E-state index contributed by atoms with van der Waals surface area (Å²) in [5.74, 6) is 0.948. The van der Waals surface area contributed by atoms with Gasteiger partial charge in [0.1, 0.15) is 23.9 Å². The number of aromatic nitrogens is 3. The van der Waals surface area contributed by atoms with Crippen molar-refractivity contribution in [2.75, 3.05) is 5.32 Å².